The fourth-order valence-corrected chi connectivity index (χ4v) is 3.38. The number of hydrogen-bond acceptors (Lipinski definition) is 5. The number of ether oxygens (including phenoxy) is 1. The molecule has 3 aromatic rings. The molecule has 0 bridgehead atoms. The standard InChI is InChI=1S/C20H17ClFN3O3/c1-27-15-5-2-12(3-6-15)10-25-11-14(9-18(25)26)20-23-19(24-28-20)13-4-7-17(22)16(21)8-13/h2-8,14H,9-11H2,1H3. The van der Waals surface area contributed by atoms with E-state index in [1.807, 2.05) is 24.3 Å². The van der Waals surface area contributed by atoms with Gasteiger partial charge in [-0.2, -0.15) is 4.98 Å². The minimum Gasteiger partial charge on any atom is -0.497 e. The quantitative estimate of drug-likeness (QED) is 0.645. The Kier molecular flexibility index (Phi) is 5.00. The molecular weight excluding hydrogens is 385 g/mol. The lowest BCUT2D eigenvalue weighted by Gasteiger charge is -2.16. The number of aromatic nitrogens is 2. The van der Waals surface area contributed by atoms with E-state index in [1.54, 1.807) is 12.0 Å². The van der Waals surface area contributed by atoms with Crippen LogP contribution in [0.1, 0.15) is 23.8 Å². The maximum Gasteiger partial charge on any atom is 0.232 e. The van der Waals surface area contributed by atoms with Crippen molar-refractivity contribution in [3.8, 4) is 17.1 Å². The number of carbonyl (C=O) groups excluding carboxylic acids is 1. The molecule has 0 radical (unpaired) electrons. The molecule has 144 valence electrons. The molecular formula is C20H17ClFN3O3. The maximum atomic E-state index is 13.3. The topological polar surface area (TPSA) is 68.5 Å². The van der Waals surface area contributed by atoms with Crippen LogP contribution in [0.4, 0.5) is 4.39 Å². The van der Waals surface area contributed by atoms with E-state index in [-0.39, 0.29) is 16.8 Å². The first kappa shape index (κ1) is 18.4. The van der Waals surface area contributed by atoms with Crippen LogP contribution in [-0.4, -0.2) is 34.6 Å². The second kappa shape index (κ2) is 7.59. The van der Waals surface area contributed by atoms with Crippen molar-refractivity contribution in [3.05, 3.63) is 64.8 Å². The predicted molar refractivity (Wildman–Crippen MR) is 100 cm³/mol. The van der Waals surface area contributed by atoms with Crippen molar-refractivity contribution in [1.82, 2.24) is 15.0 Å². The first-order valence-electron chi connectivity index (χ1n) is 8.73. The summed E-state index contributed by atoms with van der Waals surface area (Å²) in [5, 5.41) is 3.94. The van der Waals surface area contributed by atoms with Crippen LogP contribution in [0, 0.1) is 5.82 Å². The third-order valence-electron chi connectivity index (χ3n) is 4.72. The Hall–Kier alpha value is -2.93. The third-order valence-corrected chi connectivity index (χ3v) is 5.01. The number of rotatable bonds is 5. The highest BCUT2D eigenvalue weighted by molar-refractivity contribution is 6.31. The van der Waals surface area contributed by atoms with Crippen molar-refractivity contribution in [1.29, 1.82) is 0 Å². The summed E-state index contributed by atoms with van der Waals surface area (Å²) in [5.41, 5.74) is 1.57. The summed E-state index contributed by atoms with van der Waals surface area (Å²) in [6.45, 7) is 1.00. The molecule has 2 heterocycles. The average molecular weight is 402 g/mol. The van der Waals surface area contributed by atoms with Crippen LogP contribution >= 0.6 is 11.6 Å². The molecule has 0 N–H and O–H groups in total. The summed E-state index contributed by atoms with van der Waals surface area (Å²) in [6, 6.07) is 11.8. The van der Waals surface area contributed by atoms with Crippen LogP contribution < -0.4 is 4.74 Å². The van der Waals surface area contributed by atoms with Crippen molar-refractivity contribution in [3.63, 3.8) is 0 Å². The van der Waals surface area contributed by atoms with Crippen LogP contribution in [0.2, 0.25) is 5.02 Å². The molecule has 1 aliphatic rings. The highest BCUT2D eigenvalue weighted by Crippen LogP contribution is 2.30. The lowest BCUT2D eigenvalue weighted by molar-refractivity contribution is -0.128. The molecule has 1 fully saturated rings. The summed E-state index contributed by atoms with van der Waals surface area (Å²) in [5.74, 6) is 0.825. The van der Waals surface area contributed by atoms with Crippen LogP contribution in [0.25, 0.3) is 11.4 Å². The van der Waals surface area contributed by atoms with Gasteiger partial charge in [-0.05, 0) is 35.9 Å². The second-order valence-corrected chi connectivity index (χ2v) is 7.02. The molecule has 1 amide bonds. The smallest absolute Gasteiger partial charge is 0.232 e. The van der Waals surface area contributed by atoms with Crippen molar-refractivity contribution in [2.75, 3.05) is 13.7 Å². The van der Waals surface area contributed by atoms with Crippen molar-refractivity contribution < 1.29 is 18.4 Å². The van der Waals surface area contributed by atoms with Gasteiger partial charge in [0.25, 0.3) is 0 Å². The zero-order chi connectivity index (χ0) is 19.7. The number of carbonyl (C=O) groups is 1. The number of amides is 1. The summed E-state index contributed by atoms with van der Waals surface area (Å²) in [4.78, 5) is 18.5. The van der Waals surface area contributed by atoms with Crippen LogP contribution in [0.5, 0.6) is 5.75 Å². The fraction of sp³-hybridized carbons (Fsp3) is 0.250. The minimum absolute atomic E-state index is 0.00874. The molecule has 6 nitrogen and oxygen atoms in total. The Bertz CT molecular complexity index is 1010. The Morgan fingerprint density at radius 1 is 1.29 bits per heavy atom. The van der Waals surface area contributed by atoms with Crippen LogP contribution in [-0.2, 0) is 11.3 Å². The SMILES string of the molecule is COc1ccc(CN2CC(c3nc(-c4ccc(F)c(Cl)c4)no3)CC2=O)cc1. The van der Waals surface area contributed by atoms with Gasteiger partial charge in [-0.15, -0.1) is 0 Å². The number of nitrogens with zero attached hydrogens (tertiary/aromatic N) is 3. The van der Waals surface area contributed by atoms with E-state index in [4.69, 9.17) is 20.9 Å². The van der Waals surface area contributed by atoms with E-state index in [1.165, 1.54) is 18.2 Å². The summed E-state index contributed by atoms with van der Waals surface area (Å²) in [6.07, 6.45) is 0.308. The van der Waals surface area contributed by atoms with Gasteiger partial charge in [-0.3, -0.25) is 4.79 Å². The molecule has 2 aromatic carbocycles. The zero-order valence-corrected chi connectivity index (χ0v) is 15.8. The van der Waals surface area contributed by atoms with Gasteiger partial charge in [-0.25, -0.2) is 4.39 Å². The van der Waals surface area contributed by atoms with E-state index in [2.05, 4.69) is 10.1 Å². The Balaban J connectivity index is 1.46. The van der Waals surface area contributed by atoms with Crippen LogP contribution in [0.15, 0.2) is 47.0 Å². The van der Waals surface area contributed by atoms with Gasteiger partial charge in [0.1, 0.15) is 11.6 Å². The average Bonchev–Trinajstić information content (AvgIpc) is 3.32. The number of likely N-dealkylation sites (tertiary alicyclic amines) is 1. The molecule has 8 heteroatoms. The highest BCUT2D eigenvalue weighted by atomic mass is 35.5. The maximum absolute atomic E-state index is 13.3. The first-order chi connectivity index (χ1) is 13.5. The summed E-state index contributed by atoms with van der Waals surface area (Å²) in [7, 11) is 1.61. The van der Waals surface area contributed by atoms with E-state index < -0.39 is 5.82 Å². The predicted octanol–water partition coefficient (Wildman–Crippen LogP) is 4.05. The van der Waals surface area contributed by atoms with Crippen molar-refractivity contribution in [2.45, 2.75) is 18.9 Å². The summed E-state index contributed by atoms with van der Waals surface area (Å²) >= 11 is 5.81. The number of benzene rings is 2. The van der Waals surface area contributed by atoms with E-state index >= 15 is 0 Å². The number of halogens is 2. The molecule has 28 heavy (non-hydrogen) atoms. The van der Waals surface area contributed by atoms with Crippen molar-refractivity contribution >= 4 is 17.5 Å². The zero-order valence-electron chi connectivity index (χ0n) is 15.1. The normalized spacial score (nSPS) is 16.6. The van der Waals surface area contributed by atoms with Gasteiger partial charge in [-0.1, -0.05) is 28.9 Å². The molecule has 0 aliphatic carbocycles. The Labute approximate surface area is 165 Å². The van der Waals surface area contributed by atoms with Gasteiger partial charge < -0.3 is 14.2 Å². The van der Waals surface area contributed by atoms with Gasteiger partial charge >= 0.3 is 0 Å². The van der Waals surface area contributed by atoms with Gasteiger partial charge in [0.05, 0.1) is 18.1 Å². The molecule has 0 saturated carbocycles. The monoisotopic (exact) mass is 401 g/mol. The molecule has 4 rings (SSSR count). The second-order valence-electron chi connectivity index (χ2n) is 6.61. The van der Waals surface area contributed by atoms with Gasteiger partial charge in [0.2, 0.25) is 17.6 Å². The van der Waals surface area contributed by atoms with E-state index in [9.17, 15) is 9.18 Å². The molecule has 1 saturated heterocycles. The molecule has 1 aliphatic heterocycles. The molecule has 1 aromatic heterocycles. The first-order valence-corrected chi connectivity index (χ1v) is 9.11. The van der Waals surface area contributed by atoms with E-state index in [0.29, 0.717) is 36.8 Å². The minimum atomic E-state index is -0.510. The number of hydrogen-bond donors (Lipinski definition) is 0. The molecule has 1 atom stereocenters. The van der Waals surface area contributed by atoms with Crippen molar-refractivity contribution in [2.24, 2.45) is 0 Å². The van der Waals surface area contributed by atoms with Gasteiger partial charge in [0, 0.05) is 25.1 Å². The Morgan fingerprint density at radius 2 is 2.07 bits per heavy atom. The van der Waals surface area contributed by atoms with Crippen LogP contribution in [0.3, 0.4) is 0 Å². The third kappa shape index (κ3) is 3.71. The number of methoxy groups -OCH3 is 1. The molecule has 0 spiro atoms. The molecule has 1 unspecified atom stereocenters. The lowest BCUT2D eigenvalue weighted by atomic mass is 10.1. The summed E-state index contributed by atoms with van der Waals surface area (Å²) < 4.78 is 23.8. The Morgan fingerprint density at radius 3 is 2.79 bits per heavy atom. The fourth-order valence-electron chi connectivity index (χ4n) is 3.20. The van der Waals surface area contributed by atoms with Gasteiger partial charge in [0.15, 0.2) is 0 Å². The largest absolute Gasteiger partial charge is 0.497 e. The highest BCUT2D eigenvalue weighted by Gasteiger charge is 2.34. The van der Waals surface area contributed by atoms with E-state index in [0.717, 1.165) is 11.3 Å². The lowest BCUT2D eigenvalue weighted by Crippen LogP contribution is -2.24.